The van der Waals surface area contributed by atoms with Crippen molar-refractivity contribution < 1.29 is 14.7 Å². The summed E-state index contributed by atoms with van der Waals surface area (Å²) in [6.07, 6.45) is 1.66. The van der Waals surface area contributed by atoms with Gasteiger partial charge in [0.2, 0.25) is 0 Å². The lowest BCUT2D eigenvalue weighted by Crippen LogP contribution is -2.16. The number of benzene rings is 1. The Hall–Kier alpha value is -2.71. The van der Waals surface area contributed by atoms with Crippen LogP contribution >= 0.6 is 12.4 Å². The van der Waals surface area contributed by atoms with Crippen molar-refractivity contribution in [2.45, 2.75) is 0 Å². The van der Waals surface area contributed by atoms with E-state index in [9.17, 15) is 9.59 Å². The molecule has 128 valence electrons. The predicted octanol–water partition coefficient (Wildman–Crippen LogP) is 0.933. The smallest absolute Gasteiger partial charge is 0.317 e. The molecule has 2 heterocycles. The number of amides is 1. The number of carbonyl (C=O) groups excluding carboxylic acids is 1. The van der Waals surface area contributed by atoms with Crippen molar-refractivity contribution in [3.8, 4) is 0 Å². The van der Waals surface area contributed by atoms with Crippen molar-refractivity contribution in [3.63, 3.8) is 0 Å². The van der Waals surface area contributed by atoms with Gasteiger partial charge in [-0.1, -0.05) is 18.2 Å². The number of primary amides is 1. The summed E-state index contributed by atoms with van der Waals surface area (Å²) in [4.78, 5) is 29.4. The van der Waals surface area contributed by atoms with E-state index in [1.165, 1.54) is 0 Å². The highest BCUT2D eigenvalue weighted by Gasteiger charge is 2.15. The molecule has 0 aliphatic carbocycles. The monoisotopic (exact) mass is 351 g/mol. The number of para-hydroxylation sites is 1. The second-order valence-electron chi connectivity index (χ2n) is 4.82. The van der Waals surface area contributed by atoms with Crippen LogP contribution in [0.2, 0.25) is 0 Å². The molecule has 9 heteroatoms. The third-order valence-corrected chi connectivity index (χ3v) is 3.11. The molecule has 24 heavy (non-hydrogen) atoms. The van der Waals surface area contributed by atoms with E-state index in [1.807, 2.05) is 35.9 Å². The summed E-state index contributed by atoms with van der Waals surface area (Å²) in [5.41, 5.74) is 7.73. The van der Waals surface area contributed by atoms with Crippen LogP contribution in [0.15, 0.2) is 30.6 Å². The second kappa shape index (κ2) is 8.23. The molecular formula is C15H18ClN5O3. The fourth-order valence-electron chi connectivity index (χ4n) is 2.19. The quantitative estimate of drug-likeness (QED) is 0.645. The second-order valence-corrected chi connectivity index (χ2v) is 4.82. The van der Waals surface area contributed by atoms with Gasteiger partial charge in [0.15, 0.2) is 5.69 Å². The first-order chi connectivity index (χ1) is 11.0. The molecule has 0 saturated carbocycles. The SMILES string of the molecule is CNCC(=O)O.Cl.Cn1cnc2c(C(N)=O)nc3ccccc3c21. The van der Waals surface area contributed by atoms with Crippen LogP contribution in [0.3, 0.4) is 0 Å². The summed E-state index contributed by atoms with van der Waals surface area (Å²) in [6.45, 7) is 0.0417. The maximum atomic E-state index is 11.4. The summed E-state index contributed by atoms with van der Waals surface area (Å²) in [7, 11) is 3.47. The van der Waals surface area contributed by atoms with Crippen LogP contribution in [0.25, 0.3) is 21.9 Å². The molecule has 0 spiro atoms. The number of rotatable bonds is 3. The Morgan fingerprint density at radius 2 is 2.00 bits per heavy atom. The van der Waals surface area contributed by atoms with Gasteiger partial charge < -0.3 is 20.7 Å². The zero-order chi connectivity index (χ0) is 17.0. The van der Waals surface area contributed by atoms with Crippen molar-refractivity contribution in [1.82, 2.24) is 19.9 Å². The molecule has 3 rings (SSSR count). The number of imidazole rings is 1. The number of fused-ring (bicyclic) bond motifs is 3. The Morgan fingerprint density at radius 3 is 2.54 bits per heavy atom. The maximum Gasteiger partial charge on any atom is 0.317 e. The molecule has 0 unspecified atom stereocenters. The number of likely N-dealkylation sites (N-methyl/N-ethyl adjacent to an activating group) is 1. The number of hydrogen-bond acceptors (Lipinski definition) is 5. The molecule has 0 atom stereocenters. The van der Waals surface area contributed by atoms with Crippen LogP contribution in [0.4, 0.5) is 0 Å². The van der Waals surface area contributed by atoms with Crippen LogP contribution in [-0.2, 0) is 11.8 Å². The van der Waals surface area contributed by atoms with Gasteiger partial charge in [-0.3, -0.25) is 9.59 Å². The lowest BCUT2D eigenvalue weighted by atomic mass is 10.1. The summed E-state index contributed by atoms with van der Waals surface area (Å²) in [5.74, 6) is -1.38. The molecule has 8 nitrogen and oxygen atoms in total. The zero-order valence-corrected chi connectivity index (χ0v) is 14.0. The predicted molar refractivity (Wildman–Crippen MR) is 93.3 cm³/mol. The number of hydrogen-bond donors (Lipinski definition) is 3. The molecule has 1 aromatic carbocycles. The number of carboxylic acids is 1. The lowest BCUT2D eigenvalue weighted by Gasteiger charge is -2.04. The number of carboxylic acid groups (broad SMARTS) is 1. The minimum atomic E-state index is -0.822. The number of nitrogens with two attached hydrogens (primary N) is 1. The normalized spacial score (nSPS) is 9.92. The third-order valence-electron chi connectivity index (χ3n) is 3.11. The van der Waals surface area contributed by atoms with E-state index >= 15 is 0 Å². The van der Waals surface area contributed by atoms with Gasteiger partial charge in [-0.25, -0.2) is 9.97 Å². The molecule has 0 fully saturated rings. The van der Waals surface area contributed by atoms with Crippen molar-refractivity contribution in [3.05, 3.63) is 36.3 Å². The maximum absolute atomic E-state index is 11.4. The standard InChI is InChI=1S/C12H10N4O.C3H7NO2.ClH/c1-16-6-14-9-10(12(13)17)15-8-5-3-2-4-7(8)11(9)16;1-4-2-3(5)6;/h2-6H,1H3,(H2,13,17);4H,2H2,1H3,(H,5,6);1H. The molecule has 1 amide bonds. The average molecular weight is 352 g/mol. The van der Waals surface area contributed by atoms with Gasteiger partial charge in [0.1, 0.15) is 5.52 Å². The van der Waals surface area contributed by atoms with E-state index in [4.69, 9.17) is 10.8 Å². The number of carbonyl (C=O) groups is 2. The highest BCUT2D eigenvalue weighted by atomic mass is 35.5. The zero-order valence-electron chi connectivity index (χ0n) is 13.2. The summed E-state index contributed by atoms with van der Waals surface area (Å²) in [6, 6.07) is 7.62. The van der Waals surface area contributed by atoms with Crippen LogP contribution in [-0.4, -0.2) is 45.1 Å². The Morgan fingerprint density at radius 1 is 1.33 bits per heavy atom. The number of nitrogens with one attached hydrogen (secondary N) is 1. The van der Waals surface area contributed by atoms with Crippen LogP contribution in [0.1, 0.15) is 10.5 Å². The Balaban J connectivity index is 0.000000359. The third kappa shape index (κ3) is 3.98. The molecule has 0 aliphatic rings. The largest absolute Gasteiger partial charge is 0.480 e. The number of aromatic nitrogens is 3. The van der Waals surface area contributed by atoms with Gasteiger partial charge in [-0.2, -0.15) is 0 Å². The van der Waals surface area contributed by atoms with Crippen molar-refractivity contribution >= 4 is 46.2 Å². The summed E-state index contributed by atoms with van der Waals surface area (Å²) >= 11 is 0. The molecule has 0 aliphatic heterocycles. The topological polar surface area (TPSA) is 123 Å². The molecular weight excluding hydrogens is 334 g/mol. The molecule has 0 saturated heterocycles. The molecule has 4 N–H and O–H groups in total. The fraction of sp³-hybridized carbons (Fsp3) is 0.200. The van der Waals surface area contributed by atoms with Gasteiger partial charge in [0.05, 0.1) is 23.9 Å². The minimum absolute atomic E-state index is 0. The molecule has 3 aromatic rings. The number of nitrogens with zero attached hydrogens (tertiary/aromatic N) is 3. The van der Waals surface area contributed by atoms with Crippen LogP contribution in [0.5, 0.6) is 0 Å². The van der Waals surface area contributed by atoms with E-state index in [1.54, 1.807) is 13.4 Å². The molecule has 2 aromatic heterocycles. The number of halogens is 1. The molecule has 0 bridgehead atoms. The van der Waals surface area contributed by atoms with Gasteiger partial charge in [0.25, 0.3) is 5.91 Å². The molecule has 0 radical (unpaired) electrons. The Labute approximate surface area is 144 Å². The van der Waals surface area contributed by atoms with Gasteiger partial charge in [-0.05, 0) is 13.1 Å². The Bertz CT molecular complexity index is 878. The van der Waals surface area contributed by atoms with E-state index in [2.05, 4.69) is 15.3 Å². The first-order valence-electron chi connectivity index (χ1n) is 6.81. The number of aryl methyl sites for hydroxylation is 1. The highest BCUT2D eigenvalue weighted by Crippen LogP contribution is 2.24. The van der Waals surface area contributed by atoms with Gasteiger partial charge in [0, 0.05) is 12.4 Å². The van der Waals surface area contributed by atoms with Crippen LogP contribution < -0.4 is 11.1 Å². The van der Waals surface area contributed by atoms with Crippen molar-refractivity contribution in [2.75, 3.05) is 13.6 Å². The fourth-order valence-corrected chi connectivity index (χ4v) is 2.19. The lowest BCUT2D eigenvalue weighted by molar-refractivity contribution is -0.135. The van der Waals surface area contributed by atoms with E-state index in [0.29, 0.717) is 5.52 Å². The van der Waals surface area contributed by atoms with E-state index in [-0.39, 0.29) is 24.6 Å². The number of aliphatic carboxylic acids is 1. The minimum Gasteiger partial charge on any atom is -0.480 e. The van der Waals surface area contributed by atoms with Gasteiger partial charge in [-0.15, -0.1) is 12.4 Å². The summed E-state index contributed by atoms with van der Waals surface area (Å²) < 4.78 is 1.87. The first kappa shape index (κ1) is 19.3. The Kier molecular flexibility index (Phi) is 6.63. The average Bonchev–Trinajstić information content (AvgIpc) is 2.89. The van der Waals surface area contributed by atoms with Crippen molar-refractivity contribution in [2.24, 2.45) is 12.8 Å². The number of pyridine rings is 1. The van der Waals surface area contributed by atoms with E-state index < -0.39 is 11.9 Å². The van der Waals surface area contributed by atoms with Gasteiger partial charge >= 0.3 is 5.97 Å². The van der Waals surface area contributed by atoms with Crippen molar-refractivity contribution in [1.29, 1.82) is 0 Å². The highest BCUT2D eigenvalue weighted by molar-refractivity contribution is 6.11. The van der Waals surface area contributed by atoms with Crippen LogP contribution in [0, 0.1) is 0 Å². The van der Waals surface area contributed by atoms with E-state index in [0.717, 1.165) is 16.4 Å². The first-order valence-corrected chi connectivity index (χ1v) is 6.81. The summed E-state index contributed by atoms with van der Waals surface area (Å²) in [5, 5.41) is 11.3.